The van der Waals surface area contributed by atoms with Crippen molar-refractivity contribution in [3.8, 4) is 51.9 Å². The average molecular weight is 911 g/mol. The molecule has 0 unspecified atom stereocenters. The lowest BCUT2D eigenvalue weighted by atomic mass is 9.88. The number of nitrogens with one attached hydrogen (secondary N) is 1. The Morgan fingerprint density at radius 1 is 0.925 bits per heavy atom. The topological polar surface area (TPSA) is 247 Å². The summed E-state index contributed by atoms with van der Waals surface area (Å²) in [5.41, 5.74) is 22.0. The zero-order chi connectivity index (χ0) is 48.8. The van der Waals surface area contributed by atoms with Gasteiger partial charge < -0.3 is 36.9 Å². The molecule has 15 nitrogen and oxygen atoms in total. The molecular weight excluding hydrogens is 849 g/mol. The highest BCUT2D eigenvalue weighted by Crippen LogP contribution is 2.41. The van der Waals surface area contributed by atoms with Gasteiger partial charge in [-0.25, -0.2) is 9.97 Å². The summed E-state index contributed by atoms with van der Waals surface area (Å²) in [6.45, 7) is 10.3. The molecule has 0 saturated carbocycles. The molecule has 3 aromatic carbocycles. The molecule has 0 radical (unpaired) electrons. The van der Waals surface area contributed by atoms with Crippen molar-refractivity contribution < 1.29 is 33.4 Å². The summed E-state index contributed by atoms with van der Waals surface area (Å²) in [7, 11) is 1.49. The van der Waals surface area contributed by atoms with Crippen molar-refractivity contribution >= 4 is 29.2 Å². The summed E-state index contributed by atoms with van der Waals surface area (Å²) >= 11 is 0. The Bertz CT molecular complexity index is 2550. The second-order valence-corrected chi connectivity index (χ2v) is 17.8. The van der Waals surface area contributed by atoms with Gasteiger partial charge in [0, 0.05) is 91.5 Å². The lowest BCUT2D eigenvalue weighted by Gasteiger charge is -2.32. The van der Waals surface area contributed by atoms with Crippen LogP contribution in [-0.4, -0.2) is 90.0 Å². The van der Waals surface area contributed by atoms with E-state index in [0.29, 0.717) is 45.3 Å². The zero-order valence-corrected chi connectivity index (χ0v) is 39.3. The number of benzene rings is 3. The van der Waals surface area contributed by atoms with Crippen LogP contribution in [0, 0.1) is 47.3 Å². The number of fused-ring (bicyclic) bond motifs is 5. The van der Waals surface area contributed by atoms with E-state index in [4.69, 9.17) is 26.7 Å². The maximum Gasteiger partial charge on any atom is 0.226 e. The molecule has 15 heteroatoms. The number of ether oxygens (including phenoxy) is 2. The van der Waals surface area contributed by atoms with Gasteiger partial charge in [-0.05, 0) is 107 Å². The second kappa shape index (κ2) is 23.6. The number of rotatable bonds is 17. The number of aromatic nitrogens is 2. The third-order valence-corrected chi connectivity index (χ3v) is 11.3. The molecular formula is C52H62N8O7. The van der Waals surface area contributed by atoms with Crippen LogP contribution >= 0.6 is 0 Å². The van der Waals surface area contributed by atoms with Crippen molar-refractivity contribution in [3.63, 3.8) is 0 Å². The molecule has 7 N–H and O–H groups in total. The molecule has 4 aromatic rings. The van der Waals surface area contributed by atoms with Gasteiger partial charge in [0.15, 0.2) is 23.2 Å². The van der Waals surface area contributed by atoms with Gasteiger partial charge in [0.2, 0.25) is 11.8 Å². The Morgan fingerprint density at radius 2 is 1.58 bits per heavy atom. The number of nitrogens with two attached hydrogens (primary N) is 3. The number of nitriles is 1. The fourth-order valence-corrected chi connectivity index (χ4v) is 7.82. The first kappa shape index (κ1) is 51.2. The van der Waals surface area contributed by atoms with Gasteiger partial charge in [-0.1, -0.05) is 30.9 Å². The average Bonchev–Trinajstić information content (AvgIpc) is 3.30. The number of ketones is 3. The molecule has 4 bridgehead atoms. The van der Waals surface area contributed by atoms with E-state index < -0.39 is 41.5 Å². The van der Waals surface area contributed by atoms with Crippen molar-refractivity contribution in [2.75, 3.05) is 39.9 Å². The van der Waals surface area contributed by atoms with Gasteiger partial charge in [-0.3, -0.25) is 24.0 Å². The van der Waals surface area contributed by atoms with Crippen molar-refractivity contribution in [3.05, 3.63) is 94.8 Å². The highest BCUT2D eigenvalue weighted by Gasteiger charge is 2.36. The number of amides is 2. The molecule has 0 saturated heterocycles. The number of likely N-dealkylation sites (N-methyl/N-ethyl adjacent to an activating group) is 1. The van der Waals surface area contributed by atoms with E-state index in [1.54, 1.807) is 44.2 Å². The van der Waals surface area contributed by atoms with Crippen molar-refractivity contribution in [1.82, 2.24) is 20.2 Å². The monoisotopic (exact) mass is 910 g/mol. The molecule has 67 heavy (non-hydrogen) atoms. The van der Waals surface area contributed by atoms with Crippen LogP contribution < -0.4 is 32.0 Å². The Morgan fingerprint density at radius 3 is 2.19 bits per heavy atom. The van der Waals surface area contributed by atoms with Crippen LogP contribution in [0.3, 0.4) is 0 Å². The van der Waals surface area contributed by atoms with Gasteiger partial charge in [0.1, 0.15) is 30.8 Å². The maximum absolute atomic E-state index is 14.8. The van der Waals surface area contributed by atoms with E-state index in [9.17, 15) is 29.2 Å². The predicted octanol–water partition coefficient (Wildman–Crippen LogP) is 5.44. The smallest absolute Gasteiger partial charge is 0.226 e. The van der Waals surface area contributed by atoms with Gasteiger partial charge in [-0.15, -0.1) is 0 Å². The van der Waals surface area contributed by atoms with Gasteiger partial charge in [0.25, 0.3) is 0 Å². The van der Waals surface area contributed by atoms with E-state index in [1.165, 1.54) is 18.1 Å². The minimum Gasteiger partial charge on any atom is -0.492 e. The summed E-state index contributed by atoms with van der Waals surface area (Å²) < 4.78 is 12.2. The van der Waals surface area contributed by atoms with Crippen LogP contribution in [0.4, 0.5) is 0 Å². The van der Waals surface area contributed by atoms with Crippen LogP contribution in [0.2, 0.25) is 0 Å². The normalized spacial score (nSPS) is 16.6. The van der Waals surface area contributed by atoms with E-state index in [1.807, 2.05) is 57.2 Å². The summed E-state index contributed by atoms with van der Waals surface area (Å²) in [6.07, 6.45) is 1.03. The number of Topliss-reactive ketones (excluding diaryl/α,β-unsaturated/α-hetero) is 3. The lowest BCUT2D eigenvalue weighted by Crippen LogP contribution is -2.46. The van der Waals surface area contributed by atoms with Crippen LogP contribution in [0.25, 0.3) is 22.5 Å². The molecule has 1 aliphatic heterocycles. The van der Waals surface area contributed by atoms with Crippen LogP contribution in [0.15, 0.2) is 66.9 Å². The summed E-state index contributed by atoms with van der Waals surface area (Å²) in [5.74, 6) is 3.58. The summed E-state index contributed by atoms with van der Waals surface area (Å²) in [4.78, 5) is 81.3. The van der Waals surface area contributed by atoms with Gasteiger partial charge in [-0.2, -0.15) is 5.26 Å². The molecule has 2 heterocycles. The van der Waals surface area contributed by atoms with Crippen LogP contribution in [-0.2, 0) is 25.6 Å². The van der Waals surface area contributed by atoms with Crippen molar-refractivity contribution in [2.45, 2.75) is 85.2 Å². The Kier molecular flexibility index (Phi) is 18.0. The number of carbonyl (C=O) groups is 5. The fourth-order valence-electron chi connectivity index (χ4n) is 7.82. The molecule has 0 aliphatic carbocycles. The largest absolute Gasteiger partial charge is 0.492 e. The van der Waals surface area contributed by atoms with E-state index in [-0.39, 0.29) is 93.9 Å². The molecule has 1 aromatic heterocycles. The first-order valence-electron chi connectivity index (χ1n) is 22.6. The van der Waals surface area contributed by atoms with Crippen molar-refractivity contribution in [2.24, 2.45) is 34.5 Å². The van der Waals surface area contributed by atoms with Crippen LogP contribution in [0.5, 0.6) is 11.5 Å². The maximum atomic E-state index is 14.8. The highest BCUT2D eigenvalue weighted by atomic mass is 16.5. The Labute approximate surface area is 393 Å². The lowest BCUT2D eigenvalue weighted by molar-refractivity contribution is -0.142. The molecule has 1 aliphatic rings. The molecule has 0 fully saturated rings. The Balaban J connectivity index is 1.53. The number of hydrogen-bond acceptors (Lipinski definition) is 13. The summed E-state index contributed by atoms with van der Waals surface area (Å²) in [6, 6.07) is 17.7. The zero-order valence-electron chi connectivity index (χ0n) is 39.3. The van der Waals surface area contributed by atoms with Crippen LogP contribution in [0.1, 0.15) is 98.6 Å². The molecule has 4 atom stereocenters. The number of carbonyl (C=O) groups excluding carboxylic acids is 5. The van der Waals surface area contributed by atoms with E-state index >= 15 is 0 Å². The van der Waals surface area contributed by atoms with Gasteiger partial charge in [0.05, 0.1) is 23.4 Å². The first-order valence-corrected chi connectivity index (χ1v) is 22.6. The third kappa shape index (κ3) is 13.6. The Hall–Kier alpha value is -6.78. The van der Waals surface area contributed by atoms with Gasteiger partial charge >= 0.3 is 0 Å². The minimum atomic E-state index is -1.25. The number of hydrogen-bond donors (Lipinski definition) is 4. The third-order valence-electron chi connectivity index (χ3n) is 11.3. The highest BCUT2D eigenvalue weighted by molar-refractivity contribution is 6.00. The standard InChI is InChI=1S/C52H62N8O7/c1-32-26-45(63)48(60(6)51(65)38(18-21-54)30-44(62)41-31-57-49(58-33(41)2)36-12-9-34(10-13-36)17-19-52(3,4)5)37-14-16-47(67-25-23-56)40(29-37)39-27-35(11-15-46(39)66-24-22-55)28-42(59-50(32)64)43(61)8-7-20-53/h9-16,27,29,31-32,38,42,48H,7-8,18,21-26,28,30,54-56H2,1-6H3,(H,59,64)/t32-,38-,42+,48+/m1/s1. The van der Waals surface area contributed by atoms with E-state index in [0.717, 1.165) is 11.1 Å². The summed E-state index contributed by atoms with van der Waals surface area (Å²) in [5, 5.41) is 12.1. The second-order valence-electron chi connectivity index (χ2n) is 17.8. The van der Waals surface area contributed by atoms with E-state index in [2.05, 4.69) is 27.1 Å². The minimum absolute atomic E-state index is 0.0344. The predicted molar refractivity (Wildman–Crippen MR) is 255 cm³/mol. The first-order chi connectivity index (χ1) is 32.0. The number of aryl methyl sites for hydroxylation is 1. The molecule has 5 rings (SSSR count). The quantitative estimate of drug-likeness (QED) is 0.0763. The molecule has 352 valence electrons. The van der Waals surface area contributed by atoms with Crippen molar-refractivity contribution in [1.29, 1.82) is 5.26 Å². The number of nitrogens with zero attached hydrogens (tertiary/aromatic N) is 4. The fraction of sp³-hybridized carbons (Fsp3) is 0.423. The molecule has 0 spiro atoms. The SMILES string of the molecule is Cc1nc(-c2ccc(C#CC(C)(C)C)cc2)ncc1C(=O)C[C@@H](CCN)C(=O)N(C)[C@@H]1C(=O)C[C@@H](C)C(=O)N[C@H](C(=O)CCC#N)Cc2ccc(OCCN)c(c2)-c2cc1ccc2OCCN. The molecule has 2 amide bonds.